The molecule has 0 bridgehead atoms. The van der Waals surface area contributed by atoms with E-state index in [4.69, 9.17) is 4.98 Å². The van der Waals surface area contributed by atoms with Crippen molar-refractivity contribution in [3.05, 3.63) is 52.7 Å². The van der Waals surface area contributed by atoms with Gasteiger partial charge in [0, 0.05) is 25.0 Å². The molecule has 1 heterocycles. The Labute approximate surface area is 128 Å². The number of hydrogen-bond donors (Lipinski definition) is 1. The van der Waals surface area contributed by atoms with Crippen molar-refractivity contribution in [3.8, 4) is 0 Å². The lowest BCUT2D eigenvalue weighted by Crippen LogP contribution is -2.15. The molecule has 0 spiro atoms. The molecule has 0 radical (unpaired) electrons. The molecule has 3 heteroatoms. The van der Waals surface area contributed by atoms with E-state index in [1.54, 1.807) is 0 Å². The Balaban J connectivity index is 2.41. The summed E-state index contributed by atoms with van der Waals surface area (Å²) < 4.78 is 0. The van der Waals surface area contributed by atoms with Gasteiger partial charge in [-0.05, 0) is 56.6 Å². The molecule has 0 saturated carbocycles. The maximum atomic E-state index is 4.77. The van der Waals surface area contributed by atoms with Gasteiger partial charge in [-0.25, -0.2) is 4.98 Å². The number of aromatic nitrogens is 1. The van der Waals surface area contributed by atoms with Crippen molar-refractivity contribution < 1.29 is 0 Å². The summed E-state index contributed by atoms with van der Waals surface area (Å²) >= 11 is 0. The molecule has 0 aliphatic rings. The number of hydrogen-bond acceptors (Lipinski definition) is 3. The molecule has 3 nitrogen and oxygen atoms in total. The van der Waals surface area contributed by atoms with Crippen LogP contribution in [0, 0.1) is 13.8 Å². The second kappa shape index (κ2) is 6.72. The molecule has 1 aromatic carbocycles. The molecular weight excluding hydrogens is 258 g/mol. The molecule has 0 saturated heterocycles. The Morgan fingerprint density at radius 1 is 1.14 bits per heavy atom. The summed E-state index contributed by atoms with van der Waals surface area (Å²) in [5.41, 5.74) is 6.18. The first kappa shape index (κ1) is 15.5. The number of rotatable bonds is 5. The second-order valence-corrected chi connectivity index (χ2v) is 5.56. The van der Waals surface area contributed by atoms with Crippen molar-refractivity contribution in [1.29, 1.82) is 0 Å². The Kier molecular flexibility index (Phi) is 4.97. The SMILES string of the molecule is CCc1cc(CNC)cc(N(C)c2ccc(C)cc2C)n1. The van der Waals surface area contributed by atoms with Crippen LogP contribution in [0.25, 0.3) is 0 Å². The van der Waals surface area contributed by atoms with Gasteiger partial charge >= 0.3 is 0 Å². The van der Waals surface area contributed by atoms with Crippen LogP contribution in [0.1, 0.15) is 29.3 Å². The van der Waals surface area contributed by atoms with E-state index in [1.807, 2.05) is 7.05 Å². The Hall–Kier alpha value is -1.87. The molecule has 0 aliphatic carbocycles. The van der Waals surface area contributed by atoms with Crippen molar-refractivity contribution in [1.82, 2.24) is 10.3 Å². The van der Waals surface area contributed by atoms with Crippen molar-refractivity contribution in [2.45, 2.75) is 33.7 Å². The highest BCUT2D eigenvalue weighted by molar-refractivity contribution is 5.64. The maximum Gasteiger partial charge on any atom is 0.133 e. The van der Waals surface area contributed by atoms with Gasteiger partial charge in [0.2, 0.25) is 0 Å². The average Bonchev–Trinajstić information content (AvgIpc) is 2.46. The largest absolute Gasteiger partial charge is 0.329 e. The van der Waals surface area contributed by atoms with Gasteiger partial charge in [-0.15, -0.1) is 0 Å². The van der Waals surface area contributed by atoms with E-state index < -0.39 is 0 Å². The van der Waals surface area contributed by atoms with E-state index in [0.717, 1.165) is 24.5 Å². The van der Waals surface area contributed by atoms with E-state index in [9.17, 15) is 0 Å². The minimum Gasteiger partial charge on any atom is -0.329 e. The van der Waals surface area contributed by atoms with Gasteiger partial charge in [0.05, 0.1) is 0 Å². The molecule has 112 valence electrons. The summed E-state index contributed by atoms with van der Waals surface area (Å²) in [5.74, 6) is 1.01. The van der Waals surface area contributed by atoms with Crippen molar-refractivity contribution >= 4 is 11.5 Å². The standard InChI is InChI=1S/C18H25N3/c1-6-16-10-15(12-19-4)11-18(20-16)21(5)17-8-7-13(2)9-14(17)3/h7-11,19H,6,12H2,1-5H3. The second-order valence-electron chi connectivity index (χ2n) is 5.56. The van der Waals surface area contributed by atoms with E-state index >= 15 is 0 Å². The molecule has 0 unspecified atom stereocenters. The molecular formula is C18H25N3. The third-order valence-corrected chi connectivity index (χ3v) is 3.73. The topological polar surface area (TPSA) is 28.2 Å². The fourth-order valence-corrected chi connectivity index (χ4v) is 2.60. The summed E-state index contributed by atoms with van der Waals surface area (Å²) in [6, 6.07) is 10.9. The first-order chi connectivity index (χ1) is 10.0. The predicted octanol–water partition coefficient (Wildman–Crippen LogP) is 3.75. The molecule has 1 N–H and O–H groups in total. The lowest BCUT2D eigenvalue weighted by Gasteiger charge is -2.22. The fraction of sp³-hybridized carbons (Fsp3) is 0.389. The summed E-state index contributed by atoms with van der Waals surface area (Å²) in [6.45, 7) is 7.28. The van der Waals surface area contributed by atoms with Gasteiger partial charge in [0.1, 0.15) is 5.82 Å². The van der Waals surface area contributed by atoms with E-state index in [1.165, 1.54) is 22.4 Å². The van der Waals surface area contributed by atoms with E-state index in [-0.39, 0.29) is 0 Å². The average molecular weight is 283 g/mol. The Morgan fingerprint density at radius 3 is 2.52 bits per heavy atom. The minimum absolute atomic E-state index is 0.864. The number of nitrogens with zero attached hydrogens (tertiary/aromatic N) is 2. The van der Waals surface area contributed by atoms with Gasteiger partial charge in [0.25, 0.3) is 0 Å². The smallest absolute Gasteiger partial charge is 0.133 e. The number of pyridine rings is 1. The zero-order chi connectivity index (χ0) is 15.4. The highest BCUT2D eigenvalue weighted by Gasteiger charge is 2.10. The molecule has 1 aromatic heterocycles. The maximum absolute atomic E-state index is 4.77. The minimum atomic E-state index is 0.864. The van der Waals surface area contributed by atoms with Gasteiger partial charge in [-0.2, -0.15) is 0 Å². The summed E-state index contributed by atoms with van der Waals surface area (Å²) in [7, 11) is 4.06. The third kappa shape index (κ3) is 3.61. The fourth-order valence-electron chi connectivity index (χ4n) is 2.60. The van der Waals surface area contributed by atoms with Crippen LogP contribution in [-0.2, 0) is 13.0 Å². The summed E-state index contributed by atoms with van der Waals surface area (Å²) in [4.78, 5) is 6.95. The molecule has 0 fully saturated rings. The highest BCUT2D eigenvalue weighted by Crippen LogP contribution is 2.27. The van der Waals surface area contributed by atoms with Crippen LogP contribution in [0.3, 0.4) is 0 Å². The summed E-state index contributed by atoms with van der Waals surface area (Å²) in [5, 5.41) is 3.21. The monoisotopic (exact) mass is 283 g/mol. The third-order valence-electron chi connectivity index (χ3n) is 3.73. The van der Waals surface area contributed by atoms with Crippen LogP contribution < -0.4 is 10.2 Å². The normalized spacial score (nSPS) is 10.7. The zero-order valence-corrected chi connectivity index (χ0v) is 13.7. The molecule has 0 amide bonds. The predicted molar refractivity (Wildman–Crippen MR) is 90.4 cm³/mol. The van der Waals surface area contributed by atoms with Crippen LogP contribution in [0.2, 0.25) is 0 Å². The Morgan fingerprint density at radius 2 is 1.90 bits per heavy atom. The van der Waals surface area contributed by atoms with Crippen molar-refractivity contribution in [3.63, 3.8) is 0 Å². The number of benzene rings is 1. The molecule has 21 heavy (non-hydrogen) atoms. The molecule has 0 aliphatic heterocycles. The lowest BCUT2D eigenvalue weighted by atomic mass is 10.1. The van der Waals surface area contributed by atoms with Crippen LogP contribution in [-0.4, -0.2) is 19.1 Å². The zero-order valence-electron chi connectivity index (χ0n) is 13.7. The van der Waals surface area contributed by atoms with E-state index in [2.05, 4.69) is 68.4 Å². The van der Waals surface area contributed by atoms with Gasteiger partial charge in [-0.3, -0.25) is 0 Å². The van der Waals surface area contributed by atoms with Crippen LogP contribution >= 0.6 is 0 Å². The summed E-state index contributed by atoms with van der Waals surface area (Å²) in [6.07, 6.45) is 0.950. The first-order valence-corrected chi connectivity index (χ1v) is 7.50. The number of anilines is 2. The van der Waals surface area contributed by atoms with Gasteiger partial charge in [0.15, 0.2) is 0 Å². The van der Waals surface area contributed by atoms with Crippen LogP contribution in [0.4, 0.5) is 11.5 Å². The molecule has 2 aromatic rings. The molecule has 0 atom stereocenters. The lowest BCUT2D eigenvalue weighted by molar-refractivity contribution is 0.811. The first-order valence-electron chi connectivity index (χ1n) is 7.50. The highest BCUT2D eigenvalue weighted by atomic mass is 15.2. The number of nitrogens with one attached hydrogen (secondary N) is 1. The van der Waals surface area contributed by atoms with Gasteiger partial charge < -0.3 is 10.2 Å². The molecule has 2 rings (SSSR count). The Bertz CT molecular complexity index is 620. The van der Waals surface area contributed by atoms with Crippen LogP contribution in [0.15, 0.2) is 30.3 Å². The quantitative estimate of drug-likeness (QED) is 0.906. The van der Waals surface area contributed by atoms with Gasteiger partial charge in [-0.1, -0.05) is 24.6 Å². The van der Waals surface area contributed by atoms with Crippen LogP contribution in [0.5, 0.6) is 0 Å². The van der Waals surface area contributed by atoms with Crippen molar-refractivity contribution in [2.24, 2.45) is 0 Å². The van der Waals surface area contributed by atoms with E-state index in [0.29, 0.717) is 0 Å². The van der Waals surface area contributed by atoms with Crippen molar-refractivity contribution in [2.75, 3.05) is 19.0 Å². The number of aryl methyl sites for hydroxylation is 3.